The molecule has 2 rings (SSSR count). The number of carbonyl (C=O) groups is 1. The molecule has 0 bridgehead atoms. The maximum Gasteiger partial charge on any atom is 0.330 e. The highest BCUT2D eigenvalue weighted by Crippen LogP contribution is 2.23. The van der Waals surface area contributed by atoms with E-state index in [2.05, 4.69) is 0 Å². The zero-order valence-corrected chi connectivity index (χ0v) is 9.51. The lowest BCUT2D eigenvalue weighted by atomic mass is 9.96. The molecular formula is C13H14O5. The maximum atomic E-state index is 11.1. The topological polar surface area (TPSA) is 87.0 Å². The van der Waals surface area contributed by atoms with Gasteiger partial charge in [0.15, 0.2) is 6.10 Å². The van der Waals surface area contributed by atoms with Gasteiger partial charge in [-0.15, -0.1) is 0 Å². The van der Waals surface area contributed by atoms with Crippen LogP contribution in [0, 0.1) is 0 Å². The van der Waals surface area contributed by atoms with Crippen LogP contribution in [0.15, 0.2) is 42.5 Å². The minimum atomic E-state index is -1.39. The number of benzene rings is 1. The third-order valence-corrected chi connectivity index (χ3v) is 2.82. The molecule has 4 atom stereocenters. The summed E-state index contributed by atoms with van der Waals surface area (Å²) in [6.07, 6.45) is -2.60. The van der Waals surface area contributed by atoms with E-state index in [-0.39, 0.29) is 0 Å². The van der Waals surface area contributed by atoms with E-state index in [4.69, 9.17) is 4.74 Å². The van der Waals surface area contributed by atoms with Gasteiger partial charge >= 0.3 is 5.97 Å². The van der Waals surface area contributed by atoms with E-state index in [1.54, 1.807) is 30.3 Å². The van der Waals surface area contributed by atoms with Crippen LogP contribution in [0.25, 0.3) is 0 Å². The normalized spacial score (nSPS) is 26.5. The van der Waals surface area contributed by atoms with Gasteiger partial charge in [-0.1, -0.05) is 30.3 Å². The van der Waals surface area contributed by atoms with Gasteiger partial charge in [0.2, 0.25) is 0 Å². The highest BCUT2D eigenvalue weighted by atomic mass is 16.6. The molecule has 5 heteroatoms. The van der Waals surface area contributed by atoms with E-state index in [0.29, 0.717) is 5.56 Å². The van der Waals surface area contributed by atoms with Crippen molar-refractivity contribution in [2.45, 2.75) is 24.4 Å². The van der Waals surface area contributed by atoms with Gasteiger partial charge in [-0.2, -0.15) is 0 Å². The molecule has 1 aromatic carbocycles. The first-order valence-corrected chi connectivity index (χ1v) is 5.57. The van der Waals surface area contributed by atoms with Crippen molar-refractivity contribution in [3.63, 3.8) is 0 Å². The molecule has 0 aromatic heterocycles. The number of hydrogen-bond acceptors (Lipinski definition) is 5. The Kier molecular flexibility index (Phi) is 3.76. The predicted octanol–water partition coefficient (Wildman–Crippen LogP) is -0.0766. The molecule has 1 aromatic rings. The molecule has 1 heterocycles. The SMILES string of the molecule is O=C1C=C[C@@H](O)[C@H]([C@@H](O)[C@@H](O)c2ccccc2)O1. The van der Waals surface area contributed by atoms with Crippen molar-refractivity contribution in [1.29, 1.82) is 0 Å². The van der Waals surface area contributed by atoms with Crippen molar-refractivity contribution in [2.24, 2.45) is 0 Å². The van der Waals surface area contributed by atoms with Crippen LogP contribution in [0.2, 0.25) is 0 Å². The Bertz CT molecular complexity index is 442. The van der Waals surface area contributed by atoms with Crippen molar-refractivity contribution < 1.29 is 24.9 Å². The summed E-state index contributed by atoms with van der Waals surface area (Å²) < 4.78 is 4.82. The Morgan fingerprint density at radius 1 is 1.17 bits per heavy atom. The molecule has 0 radical (unpaired) electrons. The van der Waals surface area contributed by atoms with Gasteiger partial charge in [0.05, 0.1) is 0 Å². The zero-order chi connectivity index (χ0) is 13.1. The monoisotopic (exact) mass is 250 g/mol. The third kappa shape index (κ3) is 2.59. The highest BCUT2D eigenvalue weighted by molar-refractivity contribution is 5.83. The summed E-state index contributed by atoms with van der Waals surface area (Å²) in [4.78, 5) is 11.1. The van der Waals surface area contributed by atoms with E-state index in [1.165, 1.54) is 6.08 Å². The first-order chi connectivity index (χ1) is 8.59. The molecule has 0 saturated carbocycles. The Hall–Kier alpha value is -1.69. The van der Waals surface area contributed by atoms with Crippen LogP contribution in [0.4, 0.5) is 0 Å². The number of aliphatic hydroxyl groups is 3. The lowest BCUT2D eigenvalue weighted by Gasteiger charge is -2.30. The second kappa shape index (κ2) is 5.30. The Labute approximate surface area is 104 Å². The molecule has 1 aliphatic rings. The van der Waals surface area contributed by atoms with Crippen LogP contribution in [0.5, 0.6) is 0 Å². The second-order valence-electron chi connectivity index (χ2n) is 4.10. The molecule has 0 unspecified atom stereocenters. The summed E-state index contributed by atoms with van der Waals surface area (Å²) in [5, 5.41) is 29.5. The van der Waals surface area contributed by atoms with E-state index in [9.17, 15) is 20.1 Å². The largest absolute Gasteiger partial charge is 0.453 e. The number of carbonyl (C=O) groups excluding carboxylic acids is 1. The Morgan fingerprint density at radius 2 is 1.83 bits per heavy atom. The standard InChI is InChI=1S/C13H14O5/c14-9-6-7-10(15)18-13(9)12(17)11(16)8-4-2-1-3-5-8/h1-7,9,11-14,16-17H/t9-,11+,12+,13-/m1/s1. The average molecular weight is 250 g/mol. The van der Waals surface area contributed by atoms with Crippen LogP contribution in [-0.2, 0) is 9.53 Å². The van der Waals surface area contributed by atoms with Crippen LogP contribution >= 0.6 is 0 Å². The summed E-state index contributed by atoms with van der Waals surface area (Å²) in [6, 6.07) is 8.49. The minimum absolute atomic E-state index is 0.489. The molecular weight excluding hydrogens is 236 g/mol. The molecule has 0 aliphatic carbocycles. The summed E-state index contributed by atoms with van der Waals surface area (Å²) in [7, 11) is 0. The predicted molar refractivity (Wildman–Crippen MR) is 62.4 cm³/mol. The summed E-state index contributed by atoms with van der Waals surface area (Å²) >= 11 is 0. The molecule has 0 amide bonds. The molecule has 18 heavy (non-hydrogen) atoms. The summed E-state index contributed by atoms with van der Waals surface area (Å²) in [5.74, 6) is -0.649. The summed E-state index contributed by atoms with van der Waals surface area (Å²) in [5.41, 5.74) is 0.489. The number of cyclic esters (lactones) is 1. The number of ether oxygens (including phenoxy) is 1. The fourth-order valence-corrected chi connectivity index (χ4v) is 1.83. The van der Waals surface area contributed by atoms with Gasteiger partial charge in [-0.25, -0.2) is 4.79 Å². The molecule has 3 N–H and O–H groups in total. The van der Waals surface area contributed by atoms with E-state index in [0.717, 1.165) is 6.08 Å². The van der Waals surface area contributed by atoms with Crippen molar-refractivity contribution in [2.75, 3.05) is 0 Å². The highest BCUT2D eigenvalue weighted by Gasteiger charge is 2.36. The van der Waals surface area contributed by atoms with Crippen molar-refractivity contribution in [3.05, 3.63) is 48.0 Å². The molecule has 0 fully saturated rings. The van der Waals surface area contributed by atoms with Gasteiger partial charge in [0.25, 0.3) is 0 Å². The van der Waals surface area contributed by atoms with Gasteiger partial charge < -0.3 is 20.1 Å². The molecule has 1 aliphatic heterocycles. The van der Waals surface area contributed by atoms with Crippen LogP contribution in [-0.4, -0.2) is 39.6 Å². The van der Waals surface area contributed by atoms with Gasteiger partial charge in [-0.3, -0.25) is 0 Å². The summed E-state index contributed by atoms with van der Waals surface area (Å²) in [6.45, 7) is 0. The second-order valence-corrected chi connectivity index (χ2v) is 4.10. The zero-order valence-electron chi connectivity index (χ0n) is 9.51. The first kappa shape index (κ1) is 12.8. The minimum Gasteiger partial charge on any atom is -0.453 e. The number of esters is 1. The van der Waals surface area contributed by atoms with Crippen molar-refractivity contribution >= 4 is 5.97 Å². The van der Waals surface area contributed by atoms with E-state index < -0.39 is 30.4 Å². The van der Waals surface area contributed by atoms with Gasteiger partial charge in [0, 0.05) is 6.08 Å². The van der Waals surface area contributed by atoms with Crippen LogP contribution < -0.4 is 0 Å². The molecule has 5 nitrogen and oxygen atoms in total. The van der Waals surface area contributed by atoms with Gasteiger partial charge in [-0.05, 0) is 11.6 Å². The average Bonchev–Trinajstić information content (AvgIpc) is 2.41. The molecule has 96 valence electrons. The van der Waals surface area contributed by atoms with Crippen molar-refractivity contribution in [3.8, 4) is 0 Å². The van der Waals surface area contributed by atoms with Crippen LogP contribution in [0.1, 0.15) is 11.7 Å². The lowest BCUT2D eigenvalue weighted by Crippen LogP contribution is -2.45. The Balaban J connectivity index is 2.14. The lowest BCUT2D eigenvalue weighted by molar-refractivity contribution is -0.166. The number of rotatable bonds is 3. The Morgan fingerprint density at radius 3 is 2.50 bits per heavy atom. The molecule has 0 saturated heterocycles. The van der Waals surface area contributed by atoms with E-state index >= 15 is 0 Å². The number of hydrogen-bond donors (Lipinski definition) is 3. The molecule has 0 spiro atoms. The smallest absolute Gasteiger partial charge is 0.330 e. The third-order valence-electron chi connectivity index (χ3n) is 2.82. The first-order valence-electron chi connectivity index (χ1n) is 5.57. The van der Waals surface area contributed by atoms with Crippen LogP contribution in [0.3, 0.4) is 0 Å². The number of aliphatic hydroxyl groups excluding tert-OH is 3. The fraction of sp³-hybridized carbons (Fsp3) is 0.308. The van der Waals surface area contributed by atoms with E-state index in [1.807, 2.05) is 0 Å². The quantitative estimate of drug-likeness (QED) is 0.653. The van der Waals surface area contributed by atoms with Gasteiger partial charge in [0.1, 0.15) is 18.3 Å². The maximum absolute atomic E-state index is 11.1. The fourth-order valence-electron chi connectivity index (χ4n) is 1.83. The van der Waals surface area contributed by atoms with Crippen molar-refractivity contribution in [1.82, 2.24) is 0 Å².